The summed E-state index contributed by atoms with van der Waals surface area (Å²) in [5, 5.41) is 9.48. The summed E-state index contributed by atoms with van der Waals surface area (Å²) in [5.74, 6) is 0. The fraction of sp³-hybridized carbons (Fsp3) is 0.200. The van der Waals surface area contributed by atoms with Gasteiger partial charge in [-0.1, -0.05) is 6.08 Å². The Kier molecular flexibility index (Phi) is 5.00. The molecule has 1 rings (SSSR count). The molecule has 3 nitrogen and oxygen atoms in total. The van der Waals surface area contributed by atoms with Crippen LogP contribution in [0.5, 0.6) is 0 Å². The molecule has 0 aliphatic carbocycles. The van der Waals surface area contributed by atoms with E-state index in [0.29, 0.717) is 11.7 Å². The largest absolute Gasteiger partial charge is 0.358 e. The van der Waals surface area contributed by atoms with Gasteiger partial charge in [0.25, 0.3) is 0 Å². The zero-order valence-corrected chi connectivity index (χ0v) is 10.1. The fourth-order valence-electron chi connectivity index (χ4n) is 0.871. The predicted octanol–water partition coefficient (Wildman–Crippen LogP) is 2.04. The number of nitrogens with zero attached hydrogens (tertiary/aromatic N) is 1. The molecule has 0 atom stereocenters. The minimum atomic E-state index is 0.500. The summed E-state index contributed by atoms with van der Waals surface area (Å²) in [6.45, 7) is 6.26. The van der Waals surface area contributed by atoms with Crippen molar-refractivity contribution in [3.63, 3.8) is 0 Å². The molecule has 0 radical (unpaired) electrons. The Bertz CT molecular complexity index is 368. The third-order valence-electron chi connectivity index (χ3n) is 1.66. The van der Waals surface area contributed by atoms with E-state index in [1.54, 1.807) is 23.6 Å². The maximum Gasteiger partial charge on any atom is 0.187 e. The Hall–Kier alpha value is -1.20. The van der Waals surface area contributed by atoms with Gasteiger partial charge in [0.1, 0.15) is 0 Å². The monoisotopic (exact) mass is 239 g/mol. The van der Waals surface area contributed by atoms with Crippen molar-refractivity contribution in [1.82, 2.24) is 10.7 Å². The highest BCUT2D eigenvalue weighted by atomic mass is 32.1. The molecule has 0 aromatic carbocycles. The lowest BCUT2D eigenvalue weighted by atomic mass is 10.3. The smallest absolute Gasteiger partial charge is 0.187 e. The van der Waals surface area contributed by atoms with Crippen molar-refractivity contribution in [2.24, 2.45) is 5.10 Å². The second kappa shape index (κ2) is 6.31. The van der Waals surface area contributed by atoms with Crippen molar-refractivity contribution in [1.29, 1.82) is 0 Å². The van der Waals surface area contributed by atoms with E-state index in [-0.39, 0.29) is 0 Å². The van der Waals surface area contributed by atoms with Gasteiger partial charge in [-0.15, -0.1) is 17.9 Å². The maximum absolute atomic E-state index is 4.97. The van der Waals surface area contributed by atoms with Gasteiger partial charge in [0.05, 0.1) is 6.21 Å². The SMILES string of the molecule is C=CCNC(=S)N/N=C\c1sccc1C. The predicted molar refractivity (Wildman–Crippen MR) is 70.6 cm³/mol. The van der Waals surface area contributed by atoms with Crippen LogP contribution in [0.4, 0.5) is 0 Å². The summed E-state index contributed by atoms with van der Waals surface area (Å²) >= 11 is 6.62. The molecule has 0 saturated carbocycles. The number of rotatable bonds is 4. The van der Waals surface area contributed by atoms with Gasteiger partial charge >= 0.3 is 0 Å². The second-order valence-electron chi connectivity index (χ2n) is 2.84. The van der Waals surface area contributed by atoms with E-state index in [1.165, 1.54) is 5.56 Å². The molecule has 0 saturated heterocycles. The van der Waals surface area contributed by atoms with Crippen molar-refractivity contribution >= 4 is 34.9 Å². The van der Waals surface area contributed by atoms with Crippen LogP contribution in [0.25, 0.3) is 0 Å². The molecule has 15 heavy (non-hydrogen) atoms. The minimum absolute atomic E-state index is 0.500. The average Bonchev–Trinajstić information content (AvgIpc) is 2.61. The molecule has 1 heterocycles. The zero-order chi connectivity index (χ0) is 11.1. The first-order chi connectivity index (χ1) is 7.24. The molecule has 5 heteroatoms. The van der Waals surface area contributed by atoms with Gasteiger partial charge in [0, 0.05) is 11.4 Å². The van der Waals surface area contributed by atoms with Crippen LogP contribution in [0.15, 0.2) is 29.2 Å². The van der Waals surface area contributed by atoms with Crippen LogP contribution in [0, 0.1) is 6.92 Å². The average molecular weight is 239 g/mol. The minimum Gasteiger partial charge on any atom is -0.358 e. The van der Waals surface area contributed by atoms with Crippen molar-refractivity contribution in [3.8, 4) is 0 Å². The van der Waals surface area contributed by atoms with Crippen LogP contribution in [0.1, 0.15) is 10.4 Å². The third-order valence-corrected chi connectivity index (χ3v) is 2.85. The van der Waals surface area contributed by atoms with E-state index in [4.69, 9.17) is 12.2 Å². The van der Waals surface area contributed by atoms with Crippen molar-refractivity contribution in [2.45, 2.75) is 6.92 Å². The lowest BCUT2D eigenvalue weighted by molar-refractivity contribution is 0.942. The number of hydrogen-bond acceptors (Lipinski definition) is 3. The van der Waals surface area contributed by atoms with E-state index in [2.05, 4.69) is 28.5 Å². The number of aryl methyl sites for hydroxylation is 1. The molecule has 0 spiro atoms. The Balaban J connectivity index is 2.37. The Morgan fingerprint density at radius 2 is 2.53 bits per heavy atom. The highest BCUT2D eigenvalue weighted by molar-refractivity contribution is 7.80. The summed E-state index contributed by atoms with van der Waals surface area (Å²) in [5.41, 5.74) is 3.95. The molecule has 0 amide bonds. The highest BCUT2D eigenvalue weighted by Crippen LogP contribution is 2.12. The molecule has 0 bridgehead atoms. The zero-order valence-electron chi connectivity index (χ0n) is 8.49. The van der Waals surface area contributed by atoms with Crippen LogP contribution in [0.2, 0.25) is 0 Å². The fourth-order valence-corrected chi connectivity index (χ4v) is 1.79. The summed E-state index contributed by atoms with van der Waals surface area (Å²) in [4.78, 5) is 1.13. The molecule has 0 aliphatic rings. The van der Waals surface area contributed by atoms with Gasteiger partial charge in [-0.3, -0.25) is 5.43 Å². The molecule has 0 aliphatic heterocycles. The second-order valence-corrected chi connectivity index (χ2v) is 4.19. The van der Waals surface area contributed by atoms with Gasteiger partial charge in [0.2, 0.25) is 0 Å². The molecule has 0 fully saturated rings. The number of nitrogens with one attached hydrogen (secondary N) is 2. The quantitative estimate of drug-likeness (QED) is 0.365. The van der Waals surface area contributed by atoms with Gasteiger partial charge < -0.3 is 5.32 Å². The third kappa shape index (κ3) is 4.22. The lowest BCUT2D eigenvalue weighted by Gasteiger charge is -2.02. The van der Waals surface area contributed by atoms with Crippen LogP contribution in [-0.4, -0.2) is 17.9 Å². The number of thiophene rings is 1. The van der Waals surface area contributed by atoms with Crippen LogP contribution in [0.3, 0.4) is 0 Å². The van der Waals surface area contributed by atoms with Crippen molar-refractivity contribution in [2.75, 3.05) is 6.54 Å². The molecule has 80 valence electrons. The molecule has 0 unspecified atom stereocenters. The molecular weight excluding hydrogens is 226 g/mol. The van der Waals surface area contributed by atoms with E-state index >= 15 is 0 Å². The van der Waals surface area contributed by atoms with Crippen LogP contribution in [-0.2, 0) is 0 Å². The summed E-state index contributed by atoms with van der Waals surface area (Å²) in [6, 6.07) is 2.06. The number of hydrazone groups is 1. The van der Waals surface area contributed by atoms with Crippen LogP contribution >= 0.6 is 23.6 Å². The normalized spacial score (nSPS) is 10.2. The molecule has 2 N–H and O–H groups in total. The van der Waals surface area contributed by atoms with E-state index in [0.717, 1.165) is 4.88 Å². The molecule has 1 aromatic heterocycles. The first-order valence-electron chi connectivity index (χ1n) is 4.46. The van der Waals surface area contributed by atoms with E-state index in [1.807, 2.05) is 12.3 Å². The Labute approximate surface area is 98.9 Å². The summed E-state index contributed by atoms with van der Waals surface area (Å²) in [6.07, 6.45) is 3.50. The van der Waals surface area contributed by atoms with Gasteiger partial charge in [-0.25, -0.2) is 0 Å². The molecule has 1 aromatic rings. The lowest BCUT2D eigenvalue weighted by Crippen LogP contribution is -2.31. The summed E-state index contributed by atoms with van der Waals surface area (Å²) < 4.78 is 0. The van der Waals surface area contributed by atoms with Crippen molar-refractivity contribution < 1.29 is 0 Å². The number of thiocarbonyl (C=S) groups is 1. The first kappa shape index (κ1) is 11.9. The Morgan fingerprint density at radius 1 is 1.73 bits per heavy atom. The molecular formula is C10H13N3S2. The highest BCUT2D eigenvalue weighted by Gasteiger charge is 1.94. The standard InChI is InChI=1S/C10H13N3S2/c1-3-5-11-10(14)13-12-7-9-8(2)4-6-15-9/h3-4,6-7H,1,5H2,2H3,(H2,11,13,14)/b12-7-. The maximum atomic E-state index is 4.97. The topological polar surface area (TPSA) is 36.4 Å². The first-order valence-corrected chi connectivity index (χ1v) is 5.74. The van der Waals surface area contributed by atoms with Gasteiger partial charge in [0.15, 0.2) is 5.11 Å². The van der Waals surface area contributed by atoms with Crippen molar-refractivity contribution in [3.05, 3.63) is 34.5 Å². The Morgan fingerprint density at radius 3 is 3.13 bits per heavy atom. The number of hydrogen-bond donors (Lipinski definition) is 2. The van der Waals surface area contributed by atoms with Gasteiger partial charge in [-0.05, 0) is 36.2 Å². The van der Waals surface area contributed by atoms with E-state index in [9.17, 15) is 0 Å². The van der Waals surface area contributed by atoms with Gasteiger partial charge in [-0.2, -0.15) is 5.10 Å². The summed E-state index contributed by atoms with van der Waals surface area (Å²) in [7, 11) is 0. The van der Waals surface area contributed by atoms with E-state index < -0.39 is 0 Å². The van der Waals surface area contributed by atoms with Crippen LogP contribution < -0.4 is 10.7 Å².